The minimum absolute atomic E-state index is 0.00646. The lowest BCUT2D eigenvalue weighted by Gasteiger charge is -2.48. The van der Waals surface area contributed by atoms with E-state index in [-0.39, 0.29) is 11.1 Å². The van der Waals surface area contributed by atoms with Gasteiger partial charge >= 0.3 is 0 Å². The molecule has 0 bridgehead atoms. The maximum absolute atomic E-state index is 6.07. The predicted octanol–water partition coefficient (Wildman–Crippen LogP) is 2.64. The van der Waals surface area contributed by atoms with Crippen LogP contribution in [0.2, 0.25) is 0 Å². The van der Waals surface area contributed by atoms with Crippen LogP contribution < -0.4 is 5.73 Å². The Bertz CT molecular complexity index is 257. The average molecular weight is 256 g/mol. The summed E-state index contributed by atoms with van der Waals surface area (Å²) in [5.74, 6) is 0.745. The number of likely N-dealkylation sites (tertiary alicyclic amines) is 1. The number of nitrogens with zero attached hydrogens (tertiary/aromatic N) is 1. The summed E-state index contributed by atoms with van der Waals surface area (Å²) in [6, 6.07) is 0. The van der Waals surface area contributed by atoms with E-state index < -0.39 is 0 Å². The summed E-state index contributed by atoms with van der Waals surface area (Å²) in [6.45, 7) is 12.0. The zero-order chi connectivity index (χ0) is 13.8. The van der Waals surface area contributed by atoms with E-state index in [0.29, 0.717) is 0 Å². The second kappa shape index (κ2) is 6.36. The van der Waals surface area contributed by atoms with Gasteiger partial charge in [-0.05, 0) is 52.0 Å². The molecular formula is C15H32N2O. The molecule has 1 rings (SSSR count). The van der Waals surface area contributed by atoms with Gasteiger partial charge in [0.15, 0.2) is 0 Å². The highest BCUT2D eigenvalue weighted by Gasteiger charge is 2.38. The number of ether oxygens (including phenoxy) is 1. The van der Waals surface area contributed by atoms with E-state index in [0.717, 1.165) is 32.0 Å². The number of methoxy groups -OCH3 is 1. The van der Waals surface area contributed by atoms with Gasteiger partial charge in [-0.1, -0.05) is 13.8 Å². The summed E-state index contributed by atoms with van der Waals surface area (Å²) in [4.78, 5) is 2.56. The highest BCUT2D eigenvalue weighted by atomic mass is 16.5. The summed E-state index contributed by atoms with van der Waals surface area (Å²) in [5.41, 5.74) is 6.21. The van der Waals surface area contributed by atoms with Gasteiger partial charge in [-0.15, -0.1) is 0 Å². The second-order valence-electron chi connectivity index (χ2n) is 6.81. The first-order valence-corrected chi connectivity index (χ1v) is 7.35. The maximum atomic E-state index is 6.07. The van der Waals surface area contributed by atoms with Gasteiger partial charge in [0.1, 0.15) is 0 Å². The third-order valence-electron chi connectivity index (χ3n) is 4.62. The first-order valence-electron chi connectivity index (χ1n) is 7.35. The van der Waals surface area contributed by atoms with E-state index in [2.05, 4.69) is 32.6 Å². The number of rotatable bonds is 6. The molecule has 2 N–H and O–H groups in total. The van der Waals surface area contributed by atoms with Crippen molar-refractivity contribution in [2.75, 3.05) is 26.7 Å². The van der Waals surface area contributed by atoms with Crippen LogP contribution in [0.5, 0.6) is 0 Å². The molecule has 0 aromatic heterocycles. The number of hydrogen-bond acceptors (Lipinski definition) is 3. The molecule has 2 atom stereocenters. The van der Waals surface area contributed by atoms with Gasteiger partial charge in [0, 0.05) is 25.7 Å². The third kappa shape index (κ3) is 3.94. The molecule has 0 amide bonds. The Morgan fingerprint density at radius 3 is 2.61 bits per heavy atom. The van der Waals surface area contributed by atoms with Crippen molar-refractivity contribution in [3.8, 4) is 0 Å². The molecular weight excluding hydrogens is 224 g/mol. The van der Waals surface area contributed by atoms with Crippen molar-refractivity contribution in [3.05, 3.63) is 0 Å². The molecule has 18 heavy (non-hydrogen) atoms. The lowest BCUT2D eigenvalue weighted by molar-refractivity contribution is -0.0789. The van der Waals surface area contributed by atoms with Crippen molar-refractivity contribution < 1.29 is 4.74 Å². The van der Waals surface area contributed by atoms with Crippen LogP contribution in [-0.4, -0.2) is 42.8 Å². The van der Waals surface area contributed by atoms with E-state index in [1.165, 1.54) is 19.3 Å². The van der Waals surface area contributed by atoms with Gasteiger partial charge in [-0.2, -0.15) is 0 Å². The Labute approximate surface area is 113 Å². The normalized spacial score (nSPS) is 29.5. The Morgan fingerprint density at radius 1 is 1.44 bits per heavy atom. The summed E-state index contributed by atoms with van der Waals surface area (Å²) in [5, 5.41) is 0. The number of nitrogens with two attached hydrogens (primary N) is 1. The SMILES string of the molecule is COC1(C)CCCN(C(C)(CN)CCC(C)C)C1. The lowest BCUT2D eigenvalue weighted by Crippen LogP contribution is -2.59. The standard InChI is InChI=1S/C15H32N2O/c1-13(2)7-9-14(3,11-16)17-10-6-8-15(4,12-17)18-5/h13H,6-12,16H2,1-5H3. The van der Waals surface area contributed by atoms with Gasteiger partial charge in [0.05, 0.1) is 5.60 Å². The average Bonchev–Trinajstić information content (AvgIpc) is 2.36. The minimum atomic E-state index is 0.00646. The van der Waals surface area contributed by atoms with Crippen molar-refractivity contribution in [2.45, 2.75) is 64.5 Å². The predicted molar refractivity (Wildman–Crippen MR) is 77.8 cm³/mol. The third-order valence-corrected chi connectivity index (χ3v) is 4.62. The van der Waals surface area contributed by atoms with Gasteiger partial charge < -0.3 is 10.5 Å². The largest absolute Gasteiger partial charge is 0.377 e. The minimum Gasteiger partial charge on any atom is -0.377 e. The van der Waals surface area contributed by atoms with E-state index in [4.69, 9.17) is 10.5 Å². The van der Waals surface area contributed by atoms with Crippen LogP contribution >= 0.6 is 0 Å². The van der Waals surface area contributed by atoms with Gasteiger partial charge in [-0.3, -0.25) is 4.90 Å². The molecule has 1 saturated heterocycles. The Balaban J connectivity index is 2.68. The Morgan fingerprint density at radius 2 is 2.11 bits per heavy atom. The van der Waals surface area contributed by atoms with Crippen LogP contribution in [0.25, 0.3) is 0 Å². The van der Waals surface area contributed by atoms with Crippen LogP contribution in [0.15, 0.2) is 0 Å². The number of hydrogen-bond donors (Lipinski definition) is 1. The first kappa shape index (κ1) is 15.9. The van der Waals surface area contributed by atoms with Gasteiger partial charge in [-0.25, -0.2) is 0 Å². The molecule has 0 radical (unpaired) electrons. The molecule has 2 unspecified atom stereocenters. The smallest absolute Gasteiger partial charge is 0.0777 e. The quantitative estimate of drug-likeness (QED) is 0.794. The summed E-state index contributed by atoms with van der Waals surface area (Å²) < 4.78 is 5.69. The maximum Gasteiger partial charge on any atom is 0.0777 e. The van der Waals surface area contributed by atoms with Gasteiger partial charge in [0.25, 0.3) is 0 Å². The Kier molecular flexibility index (Phi) is 5.63. The molecule has 0 aliphatic carbocycles. The lowest BCUT2D eigenvalue weighted by atomic mass is 9.85. The molecule has 1 aliphatic heterocycles. The van der Waals surface area contributed by atoms with Crippen molar-refractivity contribution in [2.24, 2.45) is 11.7 Å². The highest BCUT2D eigenvalue weighted by Crippen LogP contribution is 2.31. The number of piperidine rings is 1. The van der Waals surface area contributed by atoms with Crippen LogP contribution in [0, 0.1) is 5.92 Å². The molecule has 0 saturated carbocycles. The van der Waals surface area contributed by atoms with Crippen LogP contribution in [0.4, 0.5) is 0 Å². The van der Waals surface area contributed by atoms with E-state index in [9.17, 15) is 0 Å². The zero-order valence-electron chi connectivity index (χ0n) is 13.0. The van der Waals surface area contributed by atoms with E-state index in [1.807, 2.05) is 7.11 Å². The summed E-state index contributed by atoms with van der Waals surface area (Å²) >= 11 is 0. The second-order valence-corrected chi connectivity index (χ2v) is 6.81. The zero-order valence-corrected chi connectivity index (χ0v) is 13.0. The monoisotopic (exact) mass is 256 g/mol. The molecule has 0 spiro atoms. The first-order chi connectivity index (χ1) is 8.35. The fraction of sp³-hybridized carbons (Fsp3) is 1.00. The molecule has 1 heterocycles. The van der Waals surface area contributed by atoms with Crippen molar-refractivity contribution >= 4 is 0 Å². The van der Waals surface area contributed by atoms with Crippen molar-refractivity contribution in [1.29, 1.82) is 0 Å². The highest BCUT2D eigenvalue weighted by molar-refractivity contribution is 4.95. The summed E-state index contributed by atoms with van der Waals surface area (Å²) in [6.07, 6.45) is 4.79. The summed E-state index contributed by atoms with van der Waals surface area (Å²) in [7, 11) is 1.83. The van der Waals surface area contributed by atoms with Crippen molar-refractivity contribution in [3.63, 3.8) is 0 Å². The van der Waals surface area contributed by atoms with E-state index >= 15 is 0 Å². The molecule has 0 aromatic carbocycles. The molecule has 1 fully saturated rings. The molecule has 0 aromatic rings. The van der Waals surface area contributed by atoms with Crippen LogP contribution in [0.3, 0.4) is 0 Å². The van der Waals surface area contributed by atoms with Gasteiger partial charge in [0.2, 0.25) is 0 Å². The fourth-order valence-electron chi connectivity index (χ4n) is 2.82. The molecule has 3 nitrogen and oxygen atoms in total. The fourth-order valence-corrected chi connectivity index (χ4v) is 2.82. The Hall–Kier alpha value is -0.120. The van der Waals surface area contributed by atoms with Crippen LogP contribution in [-0.2, 0) is 4.74 Å². The van der Waals surface area contributed by atoms with Crippen molar-refractivity contribution in [1.82, 2.24) is 4.90 Å². The topological polar surface area (TPSA) is 38.5 Å². The molecule has 108 valence electrons. The molecule has 1 aliphatic rings. The molecule has 3 heteroatoms. The van der Waals surface area contributed by atoms with E-state index in [1.54, 1.807) is 0 Å². The van der Waals surface area contributed by atoms with Crippen LogP contribution in [0.1, 0.15) is 53.4 Å².